The minimum atomic E-state index is -0.610. The van der Waals surface area contributed by atoms with E-state index in [1.807, 2.05) is 39.1 Å². The van der Waals surface area contributed by atoms with Crippen LogP contribution in [-0.4, -0.2) is 14.9 Å². The first-order valence-electron chi connectivity index (χ1n) is 5.75. The molecule has 17 heavy (non-hydrogen) atoms. The van der Waals surface area contributed by atoms with E-state index < -0.39 is 6.10 Å². The molecule has 0 bridgehead atoms. The van der Waals surface area contributed by atoms with Crippen molar-refractivity contribution in [2.75, 3.05) is 0 Å². The summed E-state index contributed by atoms with van der Waals surface area (Å²) >= 11 is 0. The van der Waals surface area contributed by atoms with Crippen molar-refractivity contribution in [3.63, 3.8) is 0 Å². The van der Waals surface area contributed by atoms with Crippen molar-refractivity contribution in [3.05, 3.63) is 52.3 Å². The first kappa shape index (κ1) is 11.9. The van der Waals surface area contributed by atoms with E-state index >= 15 is 0 Å². The molecule has 1 N–H and O–H groups in total. The molecule has 1 aromatic carbocycles. The lowest BCUT2D eigenvalue weighted by molar-refractivity contribution is 0.209. The van der Waals surface area contributed by atoms with Gasteiger partial charge in [-0.05, 0) is 43.5 Å². The average Bonchev–Trinajstić information content (AvgIpc) is 2.61. The highest BCUT2D eigenvalue weighted by Crippen LogP contribution is 2.26. The summed E-state index contributed by atoms with van der Waals surface area (Å²) in [7, 11) is 1.86. The van der Waals surface area contributed by atoms with Gasteiger partial charge >= 0.3 is 0 Å². The molecule has 1 aromatic heterocycles. The van der Waals surface area contributed by atoms with Crippen molar-refractivity contribution in [3.8, 4) is 0 Å². The Balaban J connectivity index is 2.47. The Bertz CT molecular complexity index is 543. The van der Waals surface area contributed by atoms with E-state index in [-0.39, 0.29) is 0 Å². The van der Waals surface area contributed by atoms with Gasteiger partial charge in [-0.25, -0.2) is 0 Å². The fourth-order valence-corrected chi connectivity index (χ4v) is 2.12. The van der Waals surface area contributed by atoms with Crippen LogP contribution in [0, 0.1) is 20.8 Å². The van der Waals surface area contributed by atoms with Gasteiger partial charge in [-0.2, -0.15) is 5.10 Å². The van der Waals surface area contributed by atoms with Crippen LogP contribution in [0.5, 0.6) is 0 Å². The molecule has 0 aliphatic heterocycles. The molecule has 0 amide bonds. The summed E-state index contributed by atoms with van der Waals surface area (Å²) in [6.07, 6.45) is -0.610. The normalized spacial score (nSPS) is 12.8. The molecule has 0 aliphatic carbocycles. The van der Waals surface area contributed by atoms with Gasteiger partial charge in [-0.1, -0.05) is 18.2 Å². The second kappa shape index (κ2) is 4.34. The Morgan fingerprint density at radius 2 is 1.94 bits per heavy atom. The van der Waals surface area contributed by atoms with Gasteiger partial charge in [0, 0.05) is 7.05 Å². The third-order valence-corrected chi connectivity index (χ3v) is 3.26. The van der Waals surface area contributed by atoms with Gasteiger partial charge in [0.05, 0.1) is 11.4 Å². The molecule has 0 fully saturated rings. The van der Waals surface area contributed by atoms with Crippen molar-refractivity contribution in [2.45, 2.75) is 26.9 Å². The Kier molecular flexibility index (Phi) is 3.03. The molecule has 90 valence electrons. The Morgan fingerprint density at radius 1 is 1.24 bits per heavy atom. The summed E-state index contributed by atoms with van der Waals surface area (Å²) in [5.74, 6) is 0. The lowest BCUT2D eigenvalue weighted by atomic mass is 9.97. The molecule has 1 unspecified atom stereocenters. The SMILES string of the molecule is Cc1cc(C(O)c2cccc(C)c2C)n(C)n1. The topological polar surface area (TPSA) is 38.0 Å². The third-order valence-electron chi connectivity index (χ3n) is 3.26. The zero-order chi connectivity index (χ0) is 12.6. The fraction of sp³-hybridized carbons (Fsp3) is 0.357. The molecule has 3 nitrogen and oxygen atoms in total. The zero-order valence-electron chi connectivity index (χ0n) is 10.7. The van der Waals surface area contributed by atoms with Crippen LogP contribution in [0.4, 0.5) is 0 Å². The second-order valence-corrected chi connectivity index (χ2v) is 4.53. The van der Waals surface area contributed by atoms with E-state index in [0.29, 0.717) is 0 Å². The molecule has 0 radical (unpaired) electrons. The van der Waals surface area contributed by atoms with Gasteiger partial charge in [0.1, 0.15) is 6.10 Å². The molecule has 1 atom stereocenters. The monoisotopic (exact) mass is 230 g/mol. The number of aromatic nitrogens is 2. The summed E-state index contributed by atoms with van der Waals surface area (Å²) in [6, 6.07) is 7.92. The highest BCUT2D eigenvalue weighted by atomic mass is 16.3. The smallest absolute Gasteiger partial charge is 0.121 e. The Hall–Kier alpha value is -1.61. The highest BCUT2D eigenvalue weighted by molar-refractivity contribution is 5.38. The van der Waals surface area contributed by atoms with Crippen LogP contribution < -0.4 is 0 Å². The molecule has 0 saturated carbocycles. The van der Waals surface area contributed by atoms with E-state index in [9.17, 15) is 5.11 Å². The molecule has 2 rings (SSSR count). The Labute approximate surface area is 102 Å². The van der Waals surface area contributed by atoms with Gasteiger partial charge in [0.25, 0.3) is 0 Å². The number of nitrogens with zero attached hydrogens (tertiary/aromatic N) is 2. The van der Waals surface area contributed by atoms with Crippen LogP contribution in [0.1, 0.15) is 34.2 Å². The average molecular weight is 230 g/mol. The molecule has 0 saturated heterocycles. The van der Waals surface area contributed by atoms with Gasteiger partial charge in [0.2, 0.25) is 0 Å². The van der Waals surface area contributed by atoms with E-state index in [2.05, 4.69) is 18.1 Å². The third kappa shape index (κ3) is 2.11. The van der Waals surface area contributed by atoms with Crippen molar-refractivity contribution in [1.29, 1.82) is 0 Å². The molecular formula is C14H18N2O. The van der Waals surface area contributed by atoms with Crippen LogP contribution in [0.15, 0.2) is 24.3 Å². The molecule has 0 spiro atoms. The molecule has 3 heteroatoms. The van der Waals surface area contributed by atoms with E-state index in [1.165, 1.54) is 5.56 Å². The van der Waals surface area contributed by atoms with E-state index in [0.717, 1.165) is 22.5 Å². The molecule has 0 aliphatic rings. The van der Waals surface area contributed by atoms with E-state index in [1.54, 1.807) is 4.68 Å². The maximum Gasteiger partial charge on any atom is 0.121 e. The van der Waals surface area contributed by atoms with Crippen LogP contribution >= 0.6 is 0 Å². The maximum absolute atomic E-state index is 10.4. The van der Waals surface area contributed by atoms with Crippen LogP contribution in [-0.2, 0) is 7.05 Å². The summed E-state index contributed by atoms with van der Waals surface area (Å²) in [5.41, 5.74) is 5.04. The summed E-state index contributed by atoms with van der Waals surface area (Å²) in [5, 5.41) is 14.7. The van der Waals surface area contributed by atoms with Gasteiger partial charge in [-0.3, -0.25) is 4.68 Å². The number of aliphatic hydroxyl groups is 1. The summed E-state index contributed by atoms with van der Waals surface area (Å²) < 4.78 is 1.74. The number of hydrogen-bond acceptors (Lipinski definition) is 2. The number of hydrogen-bond donors (Lipinski definition) is 1. The lowest BCUT2D eigenvalue weighted by Crippen LogP contribution is -2.08. The van der Waals surface area contributed by atoms with E-state index in [4.69, 9.17) is 0 Å². The molecule has 2 aromatic rings. The standard InChI is InChI=1S/C14H18N2O/c1-9-6-5-7-12(11(9)3)14(17)13-8-10(2)15-16(13)4/h5-8,14,17H,1-4H3. The van der Waals surface area contributed by atoms with Crippen molar-refractivity contribution in [1.82, 2.24) is 9.78 Å². The zero-order valence-corrected chi connectivity index (χ0v) is 10.7. The van der Waals surface area contributed by atoms with Gasteiger partial charge in [0.15, 0.2) is 0 Å². The number of aryl methyl sites for hydroxylation is 3. The predicted molar refractivity (Wildman–Crippen MR) is 67.9 cm³/mol. The largest absolute Gasteiger partial charge is 0.382 e. The van der Waals surface area contributed by atoms with Crippen LogP contribution in [0.2, 0.25) is 0 Å². The van der Waals surface area contributed by atoms with Crippen molar-refractivity contribution in [2.24, 2.45) is 7.05 Å². The highest BCUT2D eigenvalue weighted by Gasteiger charge is 2.17. The van der Waals surface area contributed by atoms with Gasteiger partial charge < -0.3 is 5.11 Å². The van der Waals surface area contributed by atoms with Crippen molar-refractivity contribution < 1.29 is 5.11 Å². The predicted octanol–water partition coefficient (Wildman–Crippen LogP) is 2.43. The molecular weight excluding hydrogens is 212 g/mol. The van der Waals surface area contributed by atoms with Crippen LogP contribution in [0.25, 0.3) is 0 Å². The fourth-order valence-electron chi connectivity index (χ4n) is 2.12. The minimum Gasteiger partial charge on any atom is -0.382 e. The number of aliphatic hydroxyl groups excluding tert-OH is 1. The second-order valence-electron chi connectivity index (χ2n) is 4.53. The Morgan fingerprint density at radius 3 is 2.53 bits per heavy atom. The van der Waals surface area contributed by atoms with Gasteiger partial charge in [-0.15, -0.1) is 0 Å². The lowest BCUT2D eigenvalue weighted by Gasteiger charge is -2.15. The first-order valence-corrected chi connectivity index (χ1v) is 5.75. The van der Waals surface area contributed by atoms with Crippen molar-refractivity contribution >= 4 is 0 Å². The number of benzene rings is 1. The summed E-state index contributed by atoms with van der Waals surface area (Å²) in [4.78, 5) is 0. The van der Waals surface area contributed by atoms with Crippen LogP contribution in [0.3, 0.4) is 0 Å². The summed E-state index contributed by atoms with van der Waals surface area (Å²) in [6.45, 7) is 6.02. The number of rotatable bonds is 2. The first-order chi connectivity index (χ1) is 8.00. The maximum atomic E-state index is 10.4. The quantitative estimate of drug-likeness (QED) is 0.860. The minimum absolute atomic E-state index is 0.610. The molecule has 1 heterocycles.